The fourth-order valence-electron chi connectivity index (χ4n) is 5.20. The minimum Gasteiger partial charge on any atom is -0.376 e. The largest absolute Gasteiger partial charge is 0.376 e. The number of hydrogen-bond acceptors (Lipinski definition) is 5. The summed E-state index contributed by atoms with van der Waals surface area (Å²) in [4.78, 5) is 29.5. The van der Waals surface area contributed by atoms with E-state index < -0.39 is 16.1 Å². The Morgan fingerprint density at radius 2 is 1.60 bits per heavy atom. The van der Waals surface area contributed by atoms with E-state index in [0.717, 1.165) is 42.4 Å². The number of nitrogens with zero attached hydrogens (tertiary/aromatic N) is 1. The van der Waals surface area contributed by atoms with Gasteiger partial charge in [0, 0.05) is 43.6 Å². The Bertz CT molecular complexity index is 1470. The Balaban J connectivity index is 1.34. The summed E-state index contributed by atoms with van der Waals surface area (Å²) in [6.45, 7) is 1.34. The molecule has 1 saturated carbocycles. The van der Waals surface area contributed by atoms with Crippen LogP contribution in [0.25, 0.3) is 0 Å². The van der Waals surface area contributed by atoms with Crippen molar-refractivity contribution >= 4 is 33.4 Å². The van der Waals surface area contributed by atoms with Gasteiger partial charge in [0.15, 0.2) is 0 Å². The highest BCUT2D eigenvalue weighted by Gasteiger charge is 2.31. The lowest BCUT2D eigenvalue weighted by Gasteiger charge is -2.32. The summed E-state index contributed by atoms with van der Waals surface area (Å²) in [5.41, 5.74) is 2.65. The van der Waals surface area contributed by atoms with Gasteiger partial charge in [-0.2, -0.15) is 0 Å². The molecule has 0 aromatic heterocycles. The van der Waals surface area contributed by atoms with Gasteiger partial charge in [-0.05, 0) is 73.1 Å². The highest BCUT2D eigenvalue weighted by atomic mass is 35.5. The second kappa shape index (κ2) is 14.5. The van der Waals surface area contributed by atoms with Crippen molar-refractivity contribution < 1.29 is 22.7 Å². The molecule has 2 unspecified atom stereocenters. The van der Waals surface area contributed by atoms with Gasteiger partial charge in [0.25, 0.3) is 0 Å². The van der Waals surface area contributed by atoms with Crippen molar-refractivity contribution in [2.24, 2.45) is 0 Å². The van der Waals surface area contributed by atoms with Crippen LogP contribution in [0.15, 0.2) is 83.8 Å². The molecule has 2 amide bonds. The van der Waals surface area contributed by atoms with Gasteiger partial charge in [-0.3, -0.25) is 9.59 Å². The lowest BCUT2D eigenvalue weighted by Crippen LogP contribution is -2.51. The normalized spacial score (nSPS) is 17.4. The molecule has 2 aliphatic rings. The van der Waals surface area contributed by atoms with Crippen molar-refractivity contribution in [1.29, 1.82) is 0 Å². The highest BCUT2D eigenvalue weighted by Crippen LogP contribution is 2.23. The molecule has 3 aromatic rings. The van der Waals surface area contributed by atoms with E-state index in [9.17, 15) is 18.0 Å². The van der Waals surface area contributed by atoms with E-state index in [4.69, 9.17) is 16.3 Å². The van der Waals surface area contributed by atoms with Gasteiger partial charge in [0.1, 0.15) is 6.04 Å². The first-order chi connectivity index (χ1) is 20.8. The van der Waals surface area contributed by atoms with Gasteiger partial charge in [0.2, 0.25) is 21.8 Å². The molecule has 1 aliphatic heterocycles. The first-order valence-corrected chi connectivity index (χ1v) is 16.7. The monoisotopic (exact) mass is 623 g/mol. The third kappa shape index (κ3) is 9.13. The first kappa shape index (κ1) is 31.2. The van der Waals surface area contributed by atoms with Crippen molar-refractivity contribution in [2.75, 3.05) is 13.2 Å². The van der Waals surface area contributed by atoms with Crippen LogP contribution in [0, 0.1) is 0 Å². The molecule has 8 nitrogen and oxygen atoms in total. The molecule has 1 heterocycles. The quantitative estimate of drug-likeness (QED) is 0.272. The maximum absolute atomic E-state index is 13.9. The Kier molecular flexibility index (Phi) is 10.5. The standard InChI is InChI=1S/C33H38ClN3O5S/c34-27-13-8-26(9-14-27)23-37(31(21-25-5-2-1-3-6-25)33(39)35-22-29-7-4-20-42-29)32(38)19-12-24-10-17-30(18-11-24)43(40,41)36-28-15-16-28/h1-3,5-6,8-11,13-14,17-18,28-29,31,36H,4,7,12,15-16,19-23H2,(H,35,39). The average Bonchev–Trinajstić information content (AvgIpc) is 3.66. The molecule has 1 saturated heterocycles. The van der Waals surface area contributed by atoms with E-state index in [1.807, 2.05) is 42.5 Å². The van der Waals surface area contributed by atoms with Gasteiger partial charge in [-0.1, -0.05) is 66.2 Å². The summed E-state index contributed by atoms with van der Waals surface area (Å²) in [5, 5.41) is 3.64. The van der Waals surface area contributed by atoms with Crippen molar-refractivity contribution in [3.05, 3.63) is 101 Å². The summed E-state index contributed by atoms with van der Waals surface area (Å²) in [7, 11) is -3.55. The molecule has 0 spiro atoms. The molecule has 1 aliphatic carbocycles. The molecule has 10 heteroatoms. The topological polar surface area (TPSA) is 105 Å². The Labute approximate surface area is 258 Å². The van der Waals surface area contributed by atoms with E-state index >= 15 is 0 Å². The highest BCUT2D eigenvalue weighted by molar-refractivity contribution is 7.89. The van der Waals surface area contributed by atoms with Gasteiger partial charge in [-0.25, -0.2) is 13.1 Å². The van der Waals surface area contributed by atoms with Gasteiger partial charge >= 0.3 is 0 Å². The van der Waals surface area contributed by atoms with Gasteiger partial charge < -0.3 is 15.0 Å². The number of hydrogen-bond donors (Lipinski definition) is 2. The number of nitrogens with one attached hydrogen (secondary N) is 2. The van der Waals surface area contributed by atoms with Crippen LogP contribution in [0.1, 0.15) is 48.8 Å². The zero-order valence-electron chi connectivity index (χ0n) is 24.1. The molecule has 2 atom stereocenters. The number of halogens is 1. The van der Waals surface area contributed by atoms with Crippen LogP contribution in [-0.2, 0) is 43.7 Å². The van der Waals surface area contributed by atoms with E-state index in [-0.39, 0.29) is 41.8 Å². The summed E-state index contributed by atoms with van der Waals surface area (Å²) in [6.07, 6.45) is 4.50. The zero-order chi connectivity index (χ0) is 30.2. The minimum absolute atomic E-state index is 0.0204. The molecule has 0 bridgehead atoms. The first-order valence-electron chi connectivity index (χ1n) is 14.9. The zero-order valence-corrected chi connectivity index (χ0v) is 25.7. The van der Waals surface area contributed by atoms with E-state index in [1.165, 1.54) is 0 Å². The van der Waals surface area contributed by atoms with Crippen LogP contribution in [0.5, 0.6) is 0 Å². The van der Waals surface area contributed by atoms with Gasteiger partial charge in [-0.15, -0.1) is 0 Å². The Morgan fingerprint density at radius 1 is 0.907 bits per heavy atom. The van der Waals surface area contributed by atoms with Crippen LogP contribution in [0.2, 0.25) is 5.02 Å². The SMILES string of the molecule is O=C(NCC1CCCO1)C(Cc1ccccc1)N(Cc1ccc(Cl)cc1)C(=O)CCc1ccc(S(=O)(=O)NC2CC2)cc1. The molecule has 3 aromatic carbocycles. The van der Waals surface area contributed by atoms with Crippen LogP contribution < -0.4 is 10.0 Å². The summed E-state index contributed by atoms with van der Waals surface area (Å²) < 4.78 is 33.5. The number of sulfonamides is 1. The summed E-state index contributed by atoms with van der Waals surface area (Å²) in [5.74, 6) is -0.394. The number of carbonyl (C=O) groups is 2. The summed E-state index contributed by atoms with van der Waals surface area (Å²) >= 11 is 6.12. The lowest BCUT2D eigenvalue weighted by atomic mass is 10.0. The minimum atomic E-state index is -3.55. The number of aryl methyl sites for hydroxylation is 1. The van der Waals surface area contributed by atoms with Gasteiger partial charge in [0.05, 0.1) is 11.0 Å². The van der Waals surface area contributed by atoms with E-state index in [1.54, 1.807) is 41.3 Å². The van der Waals surface area contributed by atoms with Crippen LogP contribution in [-0.4, -0.2) is 56.5 Å². The number of benzene rings is 3. The number of carbonyl (C=O) groups excluding carboxylic acids is 2. The molecule has 2 N–H and O–H groups in total. The van der Waals surface area contributed by atoms with E-state index in [0.29, 0.717) is 31.0 Å². The fourth-order valence-corrected chi connectivity index (χ4v) is 6.63. The number of ether oxygens (including phenoxy) is 1. The molecule has 228 valence electrons. The van der Waals surface area contributed by atoms with Crippen LogP contribution in [0.3, 0.4) is 0 Å². The van der Waals surface area contributed by atoms with Crippen molar-refractivity contribution in [3.8, 4) is 0 Å². The molecule has 43 heavy (non-hydrogen) atoms. The number of rotatable bonds is 14. The van der Waals surface area contributed by atoms with Crippen molar-refractivity contribution in [3.63, 3.8) is 0 Å². The predicted molar refractivity (Wildman–Crippen MR) is 166 cm³/mol. The van der Waals surface area contributed by atoms with Crippen LogP contribution in [0.4, 0.5) is 0 Å². The fraction of sp³-hybridized carbons (Fsp3) is 0.394. The Hall–Kier alpha value is -3.24. The Morgan fingerprint density at radius 3 is 2.26 bits per heavy atom. The summed E-state index contributed by atoms with van der Waals surface area (Å²) in [6, 6.07) is 22.9. The average molecular weight is 624 g/mol. The third-order valence-electron chi connectivity index (χ3n) is 7.83. The molecule has 5 rings (SSSR count). The van der Waals surface area contributed by atoms with E-state index in [2.05, 4.69) is 10.0 Å². The lowest BCUT2D eigenvalue weighted by molar-refractivity contribution is -0.141. The molecular formula is C33H38ClN3O5S. The molecule has 0 radical (unpaired) electrons. The maximum atomic E-state index is 13.9. The maximum Gasteiger partial charge on any atom is 0.243 e. The predicted octanol–water partition coefficient (Wildman–Crippen LogP) is 4.65. The third-order valence-corrected chi connectivity index (χ3v) is 9.61. The van der Waals surface area contributed by atoms with Crippen molar-refractivity contribution in [1.82, 2.24) is 14.9 Å². The van der Waals surface area contributed by atoms with Crippen molar-refractivity contribution in [2.45, 2.75) is 74.6 Å². The number of amides is 2. The molecular weight excluding hydrogens is 586 g/mol. The second-order valence-corrected chi connectivity index (χ2v) is 13.4. The van der Waals surface area contributed by atoms with Crippen LogP contribution >= 0.6 is 11.6 Å². The smallest absolute Gasteiger partial charge is 0.243 e. The molecule has 2 fully saturated rings. The second-order valence-electron chi connectivity index (χ2n) is 11.3.